The van der Waals surface area contributed by atoms with Gasteiger partial charge in [-0.15, -0.1) is 0 Å². The first kappa shape index (κ1) is 15.7. The van der Waals surface area contributed by atoms with Crippen molar-refractivity contribution in [2.75, 3.05) is 19.5 Å². The molecule has 0 heterocycles. The minimum Gasteiger partial charge on any atom is -0.494 e. The second-order valence-electron chi connectivity index (χ2n) is 6.27. The molecule has 2 N–H and O–H groups in total. The van der Waals surface area contributed by atoms with Crippen LogP contribution in [0.2, 0.25) is 0 Å². The van der Waals surface area contributed by atoms with Crippen molar-refractivity contribution in [1.82, 2.24) is 0 Å². The summed E-state index contributed by atoms with van der Waals surface area (Å²) in [5.41, 5.74) is 8.72. The van der Waals surface area contributed by atoms with Crippen molar-refractivity contribution >= 4 is 5.69 Å². The fourth-order valence-electron chi connectivity index (χ4n) is 3.33. The summed E-state index contributed by atoms with van der Waals surface area (Å²) in [6.45, 7) is 0.817. The number of benzene rings is 2. The van der Waals surface area contributed by atoms with Crippen LogP contribution >= 0.6 is 0 Å². The highest BCUT2D eigenvalue weighted by Gasteiger charge is 2.14. The van der Waals surface area contributed by atoms with Crippen LogP contribution in [0.25, 0.3) is 11.1 Å². The molecule has 1 aliphatic rings. The summed E-state index contributed by atoms with van der Waals surface area (Å²) < 4.78 is 11.5. The topological polar surface area (TPSA) is 44.5 Å². The van der Waals surface area contributed by atoms with E-state index in [9.17, 15) is 0 Å². The molecule has 2 aromatic rings. The number of nitrogen functional groups attached to an aromatic ring is 1. The van der Waals surface area contributed by atoms with E-state index in [0.717, 1.165) is 29.2 Å². The van der Waals surface area contributed by atoms with Gasteiger partial charge in [0.1, 0.15) is 11.5 Å². The lowest BCUT2D eigenvalue weighted by Gasteiger charge is -2.21. The Kier molecular flexibility index (Phi) is 5.06. The van der Waals surface area contributed by atoms with E-state index in [1.165, 1.54) is 32.1 Å². The van der Waals surface area contributed by atoms with Crippen LogP contribution in [0, 0.1) is 5.92 Å². The number of anilines is 1. The molecule has 0 aromatic heterocycles. The van der Waals surface area contributed by atoms with E-state index in [0.29, 0.717) is 11.6 Å². The Morgan fingerprint density at radius 1 is 1.04 bits per heavy atom. The van der Waals surface area contributed by atoms with E-state index < -0.39 is 0 Å². The molecule has 0 unspecified atom stereocenters. The molecule has 122 valence electrons. The normalized spacial score (nSPS) is 15.3. The van der Waals surface area contributed by atoms with Crippen molar-refractivity contribution in [3.05, 3.63) is 42.5 Å². The molecule has 0 aliphatic heterocycles. The van der Waals surface area contributed by atoms with Gasteiger partial charge in [0.05, 0.1) is 19.4 Å². The number of methoxy groups -OCH3 is 1. The Balaban J connectivity index is 1.76. The molecular weight excluding hydrogens is 286 g/mol. The van der Waals surface area contributed by atoms with Gasteiger partial charge in [0.2, 0.25) is 0 Å². The summed E-state index contributed by atoms with van der Waals surface area (Å²) in [7, 11) is 1.65. The van der Waals surface area contributed by atoms with Crippen molar-refractivity contribution in [2.45, 2.75) is 32.1 Å². The lowest BCUT2D eigenvalue weighted by Crippen LogP contribution is -2.15. The summed E-state index contributed by atoms with van der Waals surface area (Å²) in [5.74, 6) is 2.34. The second kappa shape index (κ2) is 7.40. The number of nitrogens with two attached hydrogens (primary N) is 1. The Bertz CT molecular complexity index is 648. The van der Waals surface area contributed by atoms with E-state index in [-0.39, 0.29) is 0 Å². The molecule has 0 bridgehead atoms. The number of ether oxygens (including phenoxy) is 2. The standard InChI is InChI=1S/C20H25NO2/c1-22-20-18(11-6-12-19(20)21)16-9-5-10-17(13-16)23-14-15-7-3-2-4-8-15/h5-6,9-13,15H,2-4,7-8,14,21H2,1H3. The van der Waals surface area contributed by atoms with Crippen LogP contribution in [0.4, 0.5) is 5.69 Å². The van der Waals surface area contributed by atoms with Gasteiger partial charge >= 0.3 is 0 Å². The molecule has 3 nitrogen and oxygen atoms in total. The maximum atomic E-state index is 6.04. The minimum atomic E-state index is 0.651. The largest absolute Gasteiger partial charge is 0.494 e. The highest BCUT2D eigenvalue weighted by atomic mass is 16.5. The quantitative estimate of drug-likeness (QED) is 0.798. The Morgan fingerprint density at radius 2 is 1.83 bits per heavy atom. The second-order valence-corrected chi connectivity index (χ2v) is 6.27. The molecule has 23 heavy (non-hydrogen) atoms. The van der Waals surface area contributed by atoms with Crippen molar-refractivity contribution in [3.8, 4) is 22.6 Å². The molecule has 0 spiro atoms. The predicted octanol–water partition coefficient (Wildman–Crippen LogP) is 4.90. The Morgan fingerprint density at radius 3 is 2.61 bits per heavy atom. The molecule has 3 heteroatoms. The van der Waals surface area contributed by atoms with E-state index in [1.807, 2.05) is 30.3 Å². The first-order chi connectivity index (χ1) is 11.3. The molecule has 1 aliphatic carbocycles. The van der Waals surface area contributed by atoms with Crippen molar-refractivity contribution < 1.29 is 9.47 Å². The zero-order chi connectivity index (χ0) is 16.1. The van der Waals surface area contributed by atoms with Gasteiger partial charge in [-0.25, -0.2) is 0 Å². The van der Waals surface area contributed by atoms with Gasteiger partial charge in [-0.1, -0.05) is 43.5 Å². The number of hydrogen-bond donors (Lipinski definition) is 1. The van der Waals surface area contributed by atoms with Gasteiger partial charge in [0, 0.05) is 5.56 Å². The fraction of sp³-hybridized carbons (Fsp3) is 0.400. The molecule has 0 amide bonds. The van der Waals surface area contributed by atoms with E-state index in [4.69, 9.17) is 15.2 Å². The van der Waals surface area contributed by atoms with Gasteiger partial charge in [0.15, 0.2) is 0 Å². The summed E-state index contributed by atoms with van der Waals surface area (Å²) in [5, 5.41) is 0. The van der Waals surface area contributed by atoms with Gasteiger partial charge in [-0.2, -0.15) is 0 Å². The van der Waals surface area contributed by atoms with Gasteiger partial charge in [0.25, 0.3) is 0 Å². The number of hydrogen-bond acceptors (Lipinski definition) is 3. The SMILES string of the molecule is COc1c(N)cccc1-c1cccc(OCC2CCCCC2)c1. The zero-order valence-electron chi connectivity index (χ0n) is 13.8. The summed E-state index contributed by atoms with van der Waals surface area (Å²) in [6, 6.07) is 14.0. The van der Waals surface area contributed by atoms with E-state index in [2.05, 4.69) is 12.1 Å². The highest BCUT2D eigenvalue weighted by molar-refractivity contribution is 5.77. The first-order valence-corrected chi connectivity index (χ1v) is 8.43. The van der Waals surface area contributed by atoms with Crippen LogP contribution in [-0.2, 0) is 0 Å². The van der Waals surface area contributed by atoms with E-state index in [1.54, 1.807) is 7.11 Å². The smallest absolute Gasteiger partial charge is 0.149 e. The fourth-order valence-corrected chi connectivity index (χ4v) is 3.33. The predicted molar refractivity (Wildman–Crippen MR) is 94.9 cm³/mol. The lowest BCUT2D eigenvalue weighted by molar-refractivity contribution is 0.209. The zero-order valence-corrected chi connectivity index (χ0v) is 13.8. The first-order valence-electron chi connectivity index (χ1n) is 8.43. The van der Waals surface area contributed by atoms with Crippen molar-refractivity contribution in [1.29, 1.82) is 0 Å². The van der Waals surface area contributed by atoms with Gasteiger partial charge in [-0.05, 0) is 42.5 Å². The van der Waals surface area contributed by atoms with Crippen LogP contribution < -0.4 is 15.2 Å². The van der Waals surface area contributed by atoms with Crippen LogP contribution in [0.1, 0.15) is 32.1 Å². The molecule has 0 radical (unpaired) electrons. The van der Waals surface area contributed by atoms with Crippen molar-refractivity contribution in [2.24, 2.45) is 5.92 Å². The van der Waals surface area contributed by atoms with Crippen LogP contribution in [0.5, 0.6) is 11.5 Å². The molecule has 1 fully saturated rings. The molecule has 2 aromatic carbocycles. The molecule has 3 rings (SSSR count). The van der Waals surface area contributed by atoms with Gasteiger partial charge < -0.3 is 15.2 Å². The molecule has 0 atom stereocenters. The number of rotatable bonds is 5. The summed E-state index contributed by atoms with van der Waals surface area (Å²) in [4.78, 5) is 0. The average molecular weight is 311 g/mol. The van der Waals surface area contributed by atoms with Crippen LogP contribution in [-0.4, -0.2) is 13.7 Å². The maximum Gasteiger partial charge on any atom is 0.149 e. The lowest BCUT2D eigenvalue weighted by atomic mass is 9.90. The molecule has 1 saturated carbocycles. The molecule has 0 saturated heterocycles. The Hall–Kier alpha value is -2.16. The third-order valence-electron chi connectivity index (χ3n) is 4.61. The maximum absolute atomic E-state index is 6.04. The van der Waals surface area contributed by atoms with Crippen LogP contribution in [0.3, 0.4) is 0 Å². The van der Waals surface area contributed by atoms with Gasteiger partial charge in [-0.3, -0.25) is 0 Å². The average Bonchev–Trinajstić information content (AvgIpc) is 2.61. The number of para-hydroxylation sites is 1. The molecular formula is C20H25NO2. The third kappa shape index (κ3) is 3.79. The minimum absolute atomic E-state index is 0.651. The van der Waals surface area contributed by atoms with Crippen molar-refractivity contribution in [3.63, 3.8) is 0 Å². The van der Waals surface area contributed by atoms with Crippen LogP contribution in [0.15, 0.2) is 42.5 Å². The van der Waals surface area contributed by atoms with E-state index >= 15 is 0 Å². The highest BCUT2D eigenvalue weighted by Crippen LogP contribution is 2.36. The Labute approximate surface area is 138 Å². The monoisotopic (exact) mass is 311 g/mol. The summed E-state index contributed by atoms with van der Waals surface area (Å²) >= 11 is 0. The summed E-state index contributed by atoms with van der Waals surface area (Å²) in [6.07, 6.45) is 6.65. The third-order valence-corrected chi connectivity index (χ3v) is 4.61.